The molecule has 2 aromatic heterocycles. The highest BCUT2D eigenvalue weighted by Gasteiger charge is 2.35. The van der Waals surface area contributed by atoms with Gasteiger partial charge >= 0.3 is 12.2 Å². The van der Waals surface area contributed by atoms with Crippen LogP contribution in [-0.2, 0) is 17.6 Å². The predicted molar refractivity (Wildman–Crippen MR) is 184 cm³/mol. The van der Waals surface area contributed by atoms with Crippen molar-refractivity contribution in [2.75, 3.05) is 13.1 Å². The number of aromatic amines is 2. The van der Waals surface area contributed by atoms with Gasteiger partial charge in [-0.25, -0.2) is 19.6 Å². The molecule has 1 aliphatic carbocycles. The lowest BCUT2D eigenvalue weighted by Gasteiger charge is -2.27. The average molecular weight is 645 g/mol. The van der Waals surface area contributed by atoms with Crippen molar-refractivity contribution < 1.29 is 19.4 Å². The van der Waals surface area contributed by atoms with Gasteiger partial charge in [0.1, 0.15) is 17.2 Å². The molecule has 0 bridgehead atoms. The summed E-state index contributed by atoms with van der Waals surface area (Å²) in [5, 5.41) is 11.9. The van der Waals surface area contributed by atoms with Gasteiger partial charge in [-0.3, -0.25) is 9.80 Å². The van der Waals surface area contributed by atoms with E-state index in [2.05, 4.69) is 69.5 Å². The van der Waals surface area contributed by atoms with Crippen LogP contribution in [0.2, 0.25) is 0 Å². The maximum absolute atomic E-state index is 12.8. The number of ether oxygens (including phenoxy) is 1. The Labute approximate surface area is 279 Å². The zero-order chi connectivity index (χ0) is 33.2. The van der Waals surface area contributed by atoms with Crippen molar-refractivity contribution in [2.45, 2.75) is 77.0 Å². The van der Waals surface area contributed by atoms with E-state index in [0.29, 0.717) is 13.1 Å². The van der Waals surface area contributed by atoms with Crippen LogP contribution in [0.3, 0.4) is 0 Å². The number of H-pyrrole nitrogens is 2. The molecule has 2 aliphatic heterocycles. The Hall–Kier alpha value is -5.12. The number of hydrogen-bond donors (Lipinski definition) is 3. The van der Waals surface area contributed by atoms with Crippen molar-refractivity contribution in [3.63, 3.8) is 0 Å². The maximum Gasteiger partial charge on any atom is 0.410 e. The molecule has 10 heteroatoms. The molecular weight excluding hydrogens is 604 g/mol. The standard InChI is InChI=1S/C38H40N6O4/c1-38(2,3)48-37(47)44-17-5-6-31(44)34-39-21-30(41-34)27-11-10-23-18-22(8-9-24(23)20-27)25-12-14-28-26(19-25)13-15-29-33(28)42-35(40-29)32-7-4-16-43(32)36(45)46/h8-12,14,18-21,31-32H,4-7,13,15-17H2,1-3H3,(H,39,41)(H,40,42)(H,45,46). The number of carbonyl (C=O) groups excluding carboxylic acids is 1. The zero-order valence-electron chi connectivity index (χ0n) is 27.5. The number of hydrogen-bond acceptors (Lipinski definition) is 5. The summed E-state index contributed by atoms with van der Waals surface area (Å²) < 4.78 is 5.65. The van der Waals surface area contributed by atoms with Crippen LogP contribution in [0.25, 0.3) is 44.4 Å². The lowest BCUT2D eigenvalue weighted by atomic mass is 9.89. The third kappa shape index (κ3) is 5.48. The first-order chi connectivity index (χ1) is 23.1. The fourth-order valence-electron chi connectivity index (χ4n) is 7.58. The first-order valence-corrected chi connectivity index (χ1v) is 16.9. The van der Waals surface area contributed by atoms with E-state index in [4.69, 9.17) is 9.72 Å². The molecule has 2 amide bonds. The number of likely N-dealkylation sites (tertiary alicyclic amines) is 2. The largest absolute Gasteiger partial charge is 0.465 e. The van der Waals surface area contributed by atoms with Crippen molar-refractivity contribution in [1.82, 2.24) is 29.7 Å². The fraction of sp³-hybridized carbons (Fsp3) is 0.368. The van der Waals surface area contributed by atoms with E-state index in [1.54, 1.807) is 4.90 Å². The minimum Gasteiger partial charge on any atom is -0.465 e. The molecule has 3 N–H and O–H groups in total. The van der Waals surface area contributed by atoms with E-state index >= 15 is 0 Å². The van der Waals surface area contributed by atoms with Crippen molar-refractivity contribution in [3.8, 4) is 33.6 Å². The quantitative estimate of drug-likeness (QED) is 0.181. The Kier molecular flexibility index (Phi) is 7.27. The molecule has 2 unspecified atom stereocenters. The van der Waals surface area contributed by atoms with Crippen molar-refractivity contribution in [2.24, 2.45) is 0 Å². The molecule has 0 radical (unpaired) electrons. The summed E-state index contributed by atoms with van der Waals surface area (Å²) in [7, 11) is 0. The topological polar surface area (TPSA) is 127 Å². The lowest BCUT2D eigenvalue weighted by Crippen LogP contribution is -2.36. The number of fused-ring (bicyclic) bond motifs is 4. The Balaban J connectivity index is 1.01. The van der Waals surface area contributed by atoms with Gasteiger partial charge in [0.25, 0.3) is 0 Å². The Morgan fingerprint density at radius 2 is 1.50 bits per heavy atom. The number of carboxylic acid groups (broad SMARTS) is 1. The summed E-state index contributed by atoms with van der Waals surface area (Å²) in [5.41, 5.74) is 8.18. The van der Waals surface area contributed by atoms with Crippen LogP contribution in [-0.4, -0.2) is 65.7 Å². The normalized spacial score (nSPS) is 19.1. The summed E-state index contributed by atoms with van der Waals surface area (Å²) in [4.78, 5) is 44.4. The van der Waals surface area contributed by atoms with Crippen LogP contribution in [0, 0.1) is 0 Å². The Bertz CT molecular complexity index is 2060. The van der Waals surface area contributed by atoms with E-state index in [9.17, 15) is 14.7 Å². The first-order valence-electron chi connectivity index (χ1n) is 16.9. The third-order valence-corrected chi connectivity index (χ3v) is 9.89. The number of aromatic nitrogens is 4. The molecule has 2 saturated heterocycles. The van der Waals surface area contributed by atoms with Gasteiger partial charge in [0.05, 0.1) is 29.7 Å². The molecule has 5 aromatic rings. The SMILES string of the molecule is CC(C)(C)OC(=O)N1CCCC1c1ncc(-c2ccc3cc(-c4ccc5c(c4)CCc4[nH]c(C6CCCN6C(=O)O)nc4-5)ccc3c2)[nH]1. The second kappa shape index (κ2) is 11.5. The van der Waals surface area contributed by atoms with Gasteiger partial charge < -0.3 is 19.8 Å². The summed E-state index contributed by atoms with van der Waals surface area (Å²) in [6.45, 7) is 6.88. The maximum atomic E-state index is 12.8. The molecule has 10 nitrogen and oxygen atoms in total. The summed E-state index contributed by atoms with van der Waals surface area (Å²) in [6.07, 6.45) is 5.86. The fourth-order valence-corrected chi connectivity index (χ4v) is 7.58. The smallest absolute Gasteiger partial charge is 0.410 e. The molecule has 246 valence electrons. The van der Waals surface area contributed by atoms with Gasteiger partial charge in [-0.2, -0.15) is 0 Å². The molecule has 0 spiro atoms. The second-order valence-corrected chi connectivity index (χ2v) is 14.2. The lowest BCUT2D eigenvalue weighted by molar-refractivity contribution is 0.0218. The number of carbonyl (C=O) groups is 2. The van der Waals surface area contributed by atoms with Gasteiger partial charge in [-0.15, -0.1) is 0 Å². The Morgan fingerprint density at radius 1 is 0.833 bits per heavy atom. The van der Waals surface area contributed by atoms with Crippen molar-refractivity contribution in [1.29, 1.82) is 0 Å². The number of nitrogens with one attached hydrogen (secondary N) is 2. The minimum atomic E-state index is -0.883. The number of nitrogens with zero attached hydrogens (tertiary/aromatic N) is 4. The number of rotatable bonds is 4. The first kappa shape index (κ1) is 30.2. The molecule has 4 heterocycles. The van der Waals surface area contributed by atoms with Gasteiger partial charge in [0.15, 0.2) is 0 Å². The van der Waals surface area contributed by atoms with Crippen LogP contribution in [0.1, 0.15) is 81.4 Å². The molecule has 2 atom stereocenters. The molecule has 3 aliphatic rings. The van der Waals surface area contributed by atoms with E-state index in [0.717, 1.165) is 100 Å². The van der Waals surface area contributed by atoms with Crippen molar-refractivity contribution in [3.05, 3.63) is 83.7 Å². The number of amides is 2. The van der Waals surface area contributed by atoms with Gasteiger partial charge in [0.2, 0.25) is 0 Å². The van der Waals surface area contributed by atoms with E-state index in [-0.39, 0.29) is 18.2 Å². The monoisotopic (exact) mass is 644 g/mol. The summed E-state index contributed by atoms with van der Waals surface area (Å²) in [5.74, 6) is 1.55. The molecule has 48 heavy (non-hydrogen) atoms. The van der Waals surface area contributed by atoms with Crippen LogP contribution in [0.15, 0.2) is 60.8 Å². The van der Waals surface area contributed by atoms with Crippen molar-refractivity contribution >= 4 is 23.0 Å². The van der Waals surface area contributed by atoms with Gasteiger partial charge in [-0.1, -0.05) is 42.5 Å². The van der Waals surface area contributed by atoms with Gasteiger partial charge in [-0.05, 0) is 98.9 Å². The number of imidazole rings is 2. The number of benzene rings is 3. The predicted octanol–water partition coefficient (Wildman–Crippen LogP) is 8.27. The molecule has 2 fully saturated rings. The second-order valence-electron chi connectivity index (χ2n) is 14.2. The third-order valence-electron chi connectivity index (χ3n) is 9.89. The van der Waals surface area contributed by atoms with Crippen LogP contribution < -0.4 is 0 Å². The Morgan fingerprint density at radius 3 is 2.25 bits per heavy atom. The van der Waals surface area contributed by atoms with E-state index in [1.165, 1.54) is 10.5 Å². The highest BCUT2D eigenvalue weighted by atomic mass is 16.6. The van der Waals surface area contributed by atoms with E-state index in [1.807, 2.05) is 27.0 Å². The molecule has 8 rings (SSSR count). The molecule has 3 aromatic carbocycles. The molecular formula is C38H40N6O4. The highest BCUT2D eigenvalue weighted by molar-refractivity contribution is 5.91. The summed E-state index contributed by atoms with van der Waals surface area (Å²) >= 11 is 0. The van der Waals surface area contributed by atoms with Gasteiger partial charge in [0, 0.05) is 29.9 Å². The van der Waals surface area contributed by atoms with Crippen LogP contribution in [0.4, 0.5) is 9.59 Å². The summed E-state index contributed by atoms with van der Waals surface area (Å²) in [6, 6.07) is 19.3. The van der Waals surface area contributed by atoms with Crippen LogP contribution >= 0.6 is 0 Å². The number of aryl methyl sites for hydroxylation is 2. The molecule has 0 saturated carbocycles. The van der Waals surface area contributed by atoms with Crippen LogP contribution in [0.5, 0.6) is 0 Å². The van der Waals surface area contributed by atoms with E-state index < -0.39 is 11.7 Å². The minimum absolute atomic E-state index is 0.121. The zero-order valence-corrected chi connectivity index (χ0v) is 27.5. The average Bonchev–Trinajstić information content (AvgIpc) is 3.88. The highest BCUT2D eigenvalue weighted by Crippen LogP contribution is 2.39.